The van der Waals surface area contributed by atoms with Crippen molar-refractivity contribution in [1.29, 1.82) is 0 Å². The lowest BCUT2D eigenvalue weighted by molar-refractivity contribution is 0.0267. The van der Waals surface area contributed by atoms with Crippen LogP contribution in [0.15, 0.2) is 0 Å². The van der Waals surface area contributed by atoms with Crippen molar-refractivity contribution >= 4 is 22.6 Å². The van der Waals surface area contributed by atoms with Gasteiger partial charge < -0.3 is 4.74 Å². The van der Waals surface area contributed by atoms with E-state index in [-0.39, 0.29) is 4.11 Å². The van der Waals surface area contributed by atoms with Gasteiger partial charge in [0.2, 0.25) is 0 Å². The Morgan fingerprint density at radius 3 is 2.88 bits per heavy atom. The molecule has 1 unspecified atom stereocenters. The zero-order chi connectivity index (χ0) is 5.98. The Morgan fingerprint density at radius 2 is 2.50 bits per heavy atom. The van der Waals surface area contributed by atoms with E-state index in [2.05, 4.69) is 22.6 Å². The summed E-state index contributed by atoms with van der Waals surface area (Å²) in [5.74, 6) is 5.47. The van der Waals surface area contributed by atoms with Gasteiger partial charge in [-0.1, -0.05) is 0 Å². The topological polar surface area (TPSA) is 38.5 Å². The molecule has 0 aromatic rings. The molecule has 0 saturated carbocycles. The molecule has 4 heteroatoms. The summed E-state index contributed by atoms with van der Waals surface area (Å²) in [7, 11) is 0. The number of morpholine rings is 1. The molecule has 48 valence electrons. The van der Waals surface area contributed by atoms with E-state index in [1.54, 1.807) is 5.01 Å². The smallest absolute Gasteiger partial charge is 0.122 e. The van der Waals surface area contributed by atoms with Gasteiger partial charge in [-0.3, -0.25) is 5.84 Å². The van der Waals surface area contributed by atoms with Crippen molar-refractivity contribution in [3.8, 4) is 0 Å². The molecule has 1 aliphatic heterocycles. The molecule has 0 spiro atoms. The van der Waals surface area contributed by atoms with E-state index in [0.29, 0.717) is 0 Å². The Labute approximate surface area is 62.3 Å². The minimum atomic E-state index is 0.284. The third-order valence-corrected chi connectivity index (χ3v) is 1.81. The van der Waals surface area contributed by atoms with Crippen LogP contribution in [0.25, 0.3) is 0 Å². The fourth-order valence-electron chi connectivity index (χ4n) is 0.626. The van der Waals surface area contributed by atoms with E-state index in [4.69, 9.17) is 10.6 Å². The van der Waals surface area contributed by atoms with Gasteiger partial charge in [-0.05, 0) is 22.6 Å². The van der Waals surface area contributed by atoms with Gasteiger partial charge in [0, 0.05) is 13.1 Å². The van der Waals surface area contributed by atoms with Crippen LogP contribution in [0.1, 0.15) is 0 Å². The molecule has 3 nitrogen and oxygen atoms in total. The molecule has 0 radical (unpaired) electrons. The highest BCUT2D eigenvalue weighted by Gasteiger charge is 2.13. The maximum Gasteiger partial charge on any atom is 0.122 e. The first kappa shape index (κ1) is 6.73. The maximum absolute atomic E-state index is 5.47. The summed E-state index contributed by atoms with van der Waals surface area (Å²) in [6, 6.07) is 0. The predicted molar refractivity (Wildman–Crippen MR) is 39.5 cm³/mol. The monoisotopic (exact) mass is 228 g/mol. The van der Waals surface area contributed by atoms with Gasteiger partial charge >= 0.3 is 0 Å². The van der Waals surface area contributed by atoms with E-state index in [1.807, 2.05) is 0 Å². The standard InChI is InChI=1S/C4H9IN2O/c5-4-3-7(6)1-2-8-4/h4H,1-3,6H2. The highest BCUT2D eigenvalue weighted by atomic mass is 127. The lowest BCUT2D eigenvalue weighted by atomic mass is 10.5. The number of hydrogen-bond acceptors (Lipinski definition) is 3. The van der Waals surface area contributed by atoms with Crippen LogP contribution in [0.3, 0.4) is 0 Å². The van der Waals surface area contributed by atoms with Gasteiger partial charge in [-0.2, -0.15) is 0 Å². The zero-order valence-corrected chi connectivity index (χ0v) is 6.67. The molecule has 0 aromatic carbocycles. The molecule has 1 fully saturated rings. The third-order valence-electron chi connectivity index (χ3n) is 1.06. The summed E-state index contributed by atoms with van der Waals surface area (Å²) in [6.45, 7) is 2.48. The Balaban J connectivity index is 2.23. The number of hydrazine groups is 1. The molecule has 2 N–H and O–H groups in total. The van der Waals surface area contributed by atoms with Gasteiger partial charge in [-0.25, -0.2) is 5.01 Å². The van der Waals surface area contributed by atoms with Crippen LogP contribution in [0.5, 0.6) is 0 Å². The van der Waals surface area contributed by atoms with Crippen molar-refractivity contribution in [3.63, 3.8) is 0 Å². The van der Waals surface area contributed by atoms with Crippen molar-refractivity contribution in [2.24, 2.45) is 5.84 Å². The lowest BCUT2D eigenvalue weighted by Gasteiger charge is -2.25. The van der Waals surface area contributed by atoms with Crippen LogP contribution < -0.4 is 5.84 Å². The van der Waals surface area contributed by atoms with Gasteiger partial charge in [0.25, 0.3) is 0 Å². The van der Waals surface area contributed by atoms with E-state index in [9.17, 15) is 0 Å². The summed E-state index contributed by atoms with van der Waals surface area (Å²) < 4.78 is 5.50. The molecule has 1 aliphatic rings. The number of halogens is 1. The second-order valence-corrected chi connectivity index (χ2v) is 3.17. The molecule has 1 atom stereocenters. The Morgan fingerprint density at radius 1 is 1.75 bits per heavy atom. The number of alkyl halides is 1. The van der Waals surface area contributed by atoms with E-state index >= 15 is 0 Å². The summed E-state index contributed by atoms with van der Waals surface area (Å²) in [4.78, 5) is 0. The zero-order valence-electron chi connectivity index (χ0n) is 4.51. The minimum absolute atomic E-state index is 0.284. The average molecular weight is 228 g/mol. The van der Waals surface area contributed by atoms with Crippen LogP contribution in [-0.4, -0.2) is 28.8 Å². The molecule has 0 aromatic heterocycles. The number of nitrogens with zero attached hydrogens (tertiary/aromatic N) is 1. The first-order valence-electron chi connectivity index (χ1n) is 2.54. The molecule has 0 amide bonds. The van der Waals surface area contributed by atoms with Gasteiger partial charge in [-0.15, -0.1) is 0 Å². The molecular formula is C4H9IN2O. The predicted octanol–water partition coefficient (Wildman–Crippen LogP) is -0.0466. The van der Waals surface area contributed by atoms with Crippen LogP contribution in [0, 0.1) is 0 Å². The highest BCUT2D eigenvalue weighted by Crippen LogP contribution is 2.07. The summed E-state index contributed by atoms with van der Waals surface area (Å²) in [5.41, 5.74) is 0. The molecule has 0 bridgehead atoms. The normalized spacial score (nSPS) is 33.0. The lowest BCUT2D eigenvalue weighted by Crippen LogP contribution is -2.44. The molecule has 1 heterocycles. The Kier molecular flexibility index (Phi) is 2.48. The Bertz CT molecular complexity index is 72.4. The van der Waals surface area contributed by atoms with Crippen molar-refractivity contribution < 1.29 is 4.74 Å². The fraction of sp³-hybridized carbons (Fsp3) is 1.00. The molecule has 8 heavy (non-hydrogen) atoms. The second-order valence-electron chi connectivity index (χ2n) is 1.78. The van der Waals surface area contributed by atoms with E-state index in [1.165, 1.54) is 0 Å². The quantitative estimate of drug-likeness (QED) is 0.359. The summed E-state index contributed by atoms with van der Waals surface area (Å²) in [5, 5.41) is 1.78. The number of nitrogens with two attached hydrogens (primary N) is 1. The maximum atomic E-state index is 5.47. The van der Waals surface area contributed by atoms with Crippen LogP contribution in [0.4, 0.5) is 0 Å². The molecular weight excluding hydrogens is 219 g/mol. The highest BCUT2D eigenvalue weighted by molar-refractivity contribution is 14.1. The largest absolute Gasteiger partial charge is 0.365 e. The molecule has 0 aliphatic carbocycles. The first-order valence-corrected chi connectivity index (χ1v) is 3.79. The number of ether oxygens (including phenoxy) is 1. The number of hydrogen-bond donors (Lipinski definition) is 1. The van der Waals surface area contributed by atoms with Crippen LogP contribution >= 0.6 is 22.6 Å². The van der Waals surface area contributed by atoms with Crippen molar-refractivity contribution in [1.82, 2.24) is 5.01 Å². The second kappa shape index (κ2) is 2.95. The minimum Gasteiger partial charge on any atom is -0.365 e. The van der Waals surface area contributed by atoms with Crippen LogP contribution in [0.2, 0.25) is 0 Å². The number of rotatable bonds is 0. The SMILES string of the molecule is NN1CCOC(I)C1. The van der Waals surface area contributed by atoms with Gasteiger partial charge in [0.1, 0.15) is 4.11 Å². The third kappa shape index (κ3) is 1.85. The van der Waals surface area contributed by atoms with Gasteiger partial charge in [0.15, 0.2) is 0 Å². The fourth-order valence-corrected chi connectivity index (χ4v) is 1.39. The average Bonchev–Trinajstić information content (AvgIpc) is 1.64. The first-order chi connectivity index (χ1) is 3.79. The Hall–Kier alpha value is 0.610. The van der Waals surface area contributed by atoms with Crippen LogP contribution in [-0.2, 0) is 4.74 Å². The summed E-state index contributed by atoms with van der Waals surface area (Å²) in [6.07, 6.45) is 0. The van der Waals surface area contributed by atoms with Crippen molar-refractivity contribution in [2.75, 3.05) is 19.7 Å². The van der Waals surface area contributed by atoms with Crippen molar-refractivity contribution in [2.45, 2.75) is 4.11 Å². The summed E-state index contributed by atoms with van der Waals surface area (Å²) >= 11 is 2.23. The van der Waals surface area contributed by atoms with Gasteiger partial charge in [0.05, 0.1) is 6.61 Å². The molecule has 1 rings (SSSR count). The molecule has 1 saturated heterocycles. The van der Waals surface area contributed by atoms with Crippen molar-refractivity contribution in [3.05, 3.63) is 0 Å². The van der Waals surface area contributed by atoms with E-state index in [0.717, 1.165) is 19.7 Å². The van der Waals surface area contributed by atoms with E-state index < -0.39 is 0 Å².